The molecule has 3 aromatic carbocycles. The maximum Gasteiger partial charge on any atom is 0.127 e. The van der Waals surface area contributed by atoms with E-state index in [-0.39, 0.29) is 11.2 Å². The van der Waals surface area contributed by atoms with Gasteiger partial charge in [-0.15, -0.1) is 0 Å². The van der Waals surface area contributed by atoms with Crippen molar-refractivity contribution in [3.05, 3.63) is 107 Å². The highest BCUT2D eigenvalue weighted by atomic mass is 19.1. The highest BCUT2D eigenvalue weighted by molar-refractivity contribution is 5.87. The molecule has 0 nitrogen and oxygen atoms in total. The van der Waals surface area contributed by atoms with Crippen molar-refractivity contribution in [2.45, 2.75) is 59.3 Å². The molecule has 180 valence electrons. The van der Waals surface area contributed by atoms with E-state index in [4.69, 9.17) is 0 Å². The lowest BCUT2D eigenvalue weighted by atomic mass is 9.77. The van der Waals surface area contributed by atoms with Crippen molar-refractivity contribution in [2.75, 3.05) is 0 Å². The predicted molar refractivity (Wildman–Crippen MR) is 151 cm³/mol. The first-order chi connectivity index (χ1) is 17.0. The van der Waals surface area contributed by atoms with E-state index in [2.05, 4.69) is 87.2 Å². The summed E-state index contributed by atoms with van der Waals surface area (Å²) in [7, 11) is 0. The molecule has 0 spiro atoms. The Morgan fingerprint density at radius 1 is 0.943 bits per heavy atom. The number of hydrogen-bond acceptors (Lipinski definition) is 0. The molecule has 0 radical (unpaired) electrons. The average molecular weight is 465 g/mol. The molecule has 0 fully saturated rings. The van der Waals surface area contributed by atoms with Crippen molar-refractivity contribution in [2.24, 2.45) is 5.41 Å². The second kappa shape index (κ2) is 11.0. The standard InChI is InChI=1S/C34H37F/c1-5-14-26-23-27(24-33(35)31(26)19-22-34(4)20-11-7-8-12-21-34)30-17-13-18-32(28(30)6-2)29-16-10-9-15-25(29)3/h5-10,13-18,23-24H,2,11-12,19-22H2,1,3-4H3/b14-5-. The maximum absolute atomic E-state index is 15.7. The fourth-order valence-electron chi connectivity index (χ4n) is 5.45. The molecule has 0 bridgehead atoms. The zero-order chi connectivity index (χ0) is 24.8. The van der Waals surface area contributed by atoms with Crippen LogP contribution in [0, 0.1) is 18.2 Å². The van der Waals surface area contributed by atoms with Crippen LogP contribution >= 0.6 is 0 Å². The molecule has 0 heterocycles. The molecule has 1 heteroatoms. The van der Waals surface area contributed by atoms with Gasteiger partial charge < -0.3 is 0 Å². The largest absolute Gasteiger partial charge is 0.207 e. The third-order valence-electron chi connectivity index (χ3n) is 7.61. The molecule has 0 saturated heterocycles. The SMILES string of the molecule is C=Cc1c(-c2cc(F)c(CCC3(C)CCC=CCC3)c(/C=C\C)c2)cccc1-c1ccccc1C. The van der Waals surface area contributed by atoms with Gasteiger partial charge in [-0.2, -0.15) is 0 Å². The van der Waals surface area contributed by atoms with Crippen LogP contribution in [0.3, 0.4) is 0 Å². The molecule has 0 unspecified atom stereocenters. The van der Waals surface area contributed by atoms with Gasteiger partial charge in [0.1, 0.15) is 5.82 Å². The predicted octanol–water partition coefficient (Wildman–Crippen LogP) is 10.2. The van der Waals surface area contributed by atoms with E-state index in [0.717, 1.165) is 59.1 Å². The van der Waals surface area contributed by atoms with Crippen molar-refractivity contribution < 1.29 is 4.39 Å². The summed E-state index contributed by atoms with van der Waals surface area (Å²) in [6.45, 7) is 10.6. The van der Waals surface area contributed by atoms with Crippen LogP contribution in [0.15, 0.2) is 79.4 Å². The lowest BCUT2D eigenvalue weighted by Crippen LogP contribution is -2.17. The van der Waals surface area contributed by atoms with Gasteiger partial charge in [-0.3, -0.25) is 0 Å². The van der Waals surface area contributed by atoms with Crippen molar-refractivity contribution in [1.82, 2.24) is 0 Å². The molecule has 4 rings (SSSR count). The lowest BCUT2D eigenvalue weighted by Gasteiger charge is -2.28. The minimum Gasteiger partial charge on any atom is -0.207 e. The molecule has 0 amide bonds. The van der Waals surface area contributed by atoms with Crippen molar-refractivity contribution in [1.29, 1.82) is 0 Å². The van der Waals surface area contributed by atoms with Crippen LogP contribution in [0.5, 0.6) is 0 Å². The van der Waals surface area contributed by atoms with Crippen LogP contribution < -0.4 is 0 Å². The number of halogens is 1. The second-order valence-corrected chi connectivity index (χ2v) is 10.2. The Bertz CT molecular complexity index is 1250. The highest BCUT2D eigenvalue weighted by Gasteiger charge is 2.25. The number of benzene rings is 3. The molecule has 0 aromatic heterocycles. The maximum atomic E-state index is 15.7. The van der Waals surface area contributed by atoms with Crippen LogP contribution in [0.25, 0.3) is 34.4 Å². The van der Waals surface area contributed by atoms with Gasteiger partial charge in [0.2, 0.25) is 0 Å². The Kier molecular flexibility index (Phi) is 7.86. The van der Waals surface area contributed by atoms with Crippen molar-refractivity contribution in [3.63, 3.8) is 0 Å². The Morgan fingerprint density at radius 2 is 1.63 bits per heavy atom. The summed E-state index contributed by atoms with van der Waals surface area (Å²) in [4.78, 5) is 0. The minimum atomic E-state index is -0.109. The summed E-state index contributed by atoms with van der Waals surface area (Å²) in [5.74, 6) is -0.109. The fourth-order valence-corrected chi connectivity index (χ4v) is 5.45. The zero-order valence-electron chi connectivity index (χ0n) is 21.4. The fraction of sp³-hybridized carbons (Fsp3) is 0.294. The summed E-state index contributed by atoms with van der Waals surface area (Å²) in [6.07, 6.45) is 16.9. The number of aryl methyl sites for hydroxylation is 1. The molecular formula is C34H37F. The molecule has 0 atom stereocenters. The van der Waals surface area contributed by atoms with E-state index in [1.165, 1.54) is 24.0 Å². The van der Waals surface area contributed by atoms with Crippen LogP contribution in [-0.4, -0.2) is 0 Å². The summed E-state index contributed by atoms with van der Waals surface area (Å²) in [6, 6.07) is 18.5. The van der Waals surface area contributed by atoms with Gasteiger partial charge in [0.25, 0.3) is 0 Å². The van der Waals surface area contributed by atoms with Crippen LogP contribution in [0.4, 0.5) is 4.39 Å². The Labute approximate surface area is 210 Å². The van der Waals surface area contributed by atoms with E-state index in [9.17, 15) is 0 Å². The lowest BCUT2D eigenvalue weighted by molar-refractivity contribution is 0.257. The van der Waals surface area contributed by atoms with E-state index in [1.807, 2.05) is 19.1 Å². The van der Waals surface area contributed by atoms with Gasteiger partial charge in [0.15, 0.2) is 0 Å². The van der Waals surface area contributed by atoms with Gasteiger partial charge in [0, 0.05) is 0 Å². The van der Waals surface area contributed by atoms with Gasteiger partial charge in [-0.05, 0) is 114 Å². The van der Waals surface area contributed by atoms with Crippen molar-refractivity contribution in [3.8, 4) is 22.3 Å². The number of hydrogen-bond donors (Lipinski definition) is 0. The molecule has 1 aliphatic carbocycles. The van der Waals surface area contributed by atoms with Crippen LogP contribution in [0.1, 0.15) is 68.2 Å². The normalized spacial score (nSPS) is 15.3. The van der Waals surface area contributed by atoms with Crippen LogP contribution in [-0.2, 0) is 6.42 Å². The zero-order valence-corrected chi connectivity index (χ0v) is 21.4. The summed E-state index contributed by atoms with van der Waals surface area (Å²) < 4.78 is 15.7. The highest BCUT2D eigenvalue weighted by Crippen LogP contribution is 2.39. The Hall–Kier alpha value is -3.19. The third-order valence-corrected chi connectivity index (χ3v) is 7.61. The third kappa shape index (κ3) is 5.56. The smallest absolute Gasteiger partial charge is 0.127 e. The first-order valence-electron chi connectivity index (χ1n) is 12.9. The molecule has 0 aliphatic heterocycles. The van der Waals surface area contributed by atoms with Crippen molar-refractivity contribution >= 4 is 12.2 Å². The average Bonchev–Trinajstić information content (AvgIpc) is 3.08. The monoisotopic (exact) mass is 464 g/mol. The summed E-state index contributed by atoms with van der Waals surface area (Å²) in [5, 5.41) is 0. The Balaban J connectivity index is 1.73. The molecule has 0 N–H and O–H groups in total. The topological polar surface area (TPSA) is 0 Å². The summed E-state index contributed by atoms with van der Waals surface area (Å²) in [5.41, 5.74) is 8.55. The van der Waals surface area contributed by atoms with E-state index in [0.29, 0.717) is 0 Å². The van der Waals surface area contributed by atoms with Gasteiger partial charge in [-0.25, -0.2) is 4.39 Å². The second-order valence-electron chi connectivity index (χ2n) is 10.2. The molecule has 1 aliphatic rings. The van der Waals surface area contributed by atoms with E-state index < -0.39 is 0 Å². The van der Waals surface area contributed by atoms with Gasteiger partial charge >= 0.3 is 0 Å². The van der Waals surface area contributed by atoms with E-state index >= 15 is 4.39 Å². The minimum absolute atomic E-state index is 0.109. The molecule has 0 saturated carbocycles. The Morgan fingerprint density at radius 3 is 2.31 bits per heavy atom. The number of allylic oxidation sites excluding steroid dienone is 3. The van der Waals surface area contributed by atoms with Crippen LogP contribution in [0.2, 0.25) is 0 Å². The first-order valence-corrected chi connectivity index (χ1v) is 12.9. The number of rotatable bonds is 7. The van der Waals surface area contributed by atoms with E-state index in [1.54, 1.807) is 6.07 Å². The molecular weight excluding hydrogens is 427 g/mol. The quantitative estimate of drug-likeness (QED) is 0.305. The first kappa shape index (κ1) is 24.9. The molecule has 35 heavy (non-hydrogen) atoms. The molecule has 3 aromatic rings. The van der Waals surface area contributed by atoms with Gasteiger partial charge in [-0.1, -0.05) is 86.3 Å². The van der Waals surface area contributed by atoms with Gasteiger partial charge in [0.05, 0.1) is 0 Å². The summed E-state index contributed by atoms with van der Waals surface area (Å²) >= 11 is 0.